The summed E-state index contributed by atoms with van der Waals surface area (Å²) >= 11 is 0. The summed E-state index contributed by atoms with van der Waals surface area (Å²) in [5, 5.41) is 13.6. The third-order valence-electron chi connectivity index (χ3n) is 2.21. The first kappa shape index (κ1) is 11.7. The number of aromatic nitrogens is 5. The topological polar surface area (TPSA) is 106 Å². The molecule has 0 atom stereocenters. The molecule has 17 heavy (non-hydrogen) atoms. The van der Waals surface area contributed by atoms with Crippen LogP contribution in [-0.4, -0.2) is 39.9 Å². The number of hydrogen-bond donors (Lipinski definition) is 2. The number of aryl methyl sites for hydroxylation is 1. The van der Waals surface area contributed by atoms with E-state index < -0.39 is 10.0 Å². The minimum Gasteiger partial charge on any atom is -0.321 e. The molecule has 0 unspecified atom stereocenters. The van der Waals surface area contributed by atoms with Gasteiger partial charge < -0.3 is 4.57 Å². The molecule has 0 aliphatic rings. The second kappa shape index (κ2) is 4.63. The van der Waals surface area contributed by atoms with E-state index in [1.807, 2.05) is 0 Å². The third kappa shape index (κ3) is 2.68. The molecule has 0 radical (unpaired) electrons. The number of sulfonamides is 1. The molecule has 2 N–H and O–H groups in total. The molecule has 8 nitrogen and oxygen atoms in total. The molecular weight excluding hydrogens is 244 g/mol. The lowest BCUT2D eigenvalue weighted by Gasteiger charge is -2.03. The van der Waals surface area contributed by atoms with E-state index in [2.05, 4.69) is 25.1 Å². The Morgan fingerprint density at radius 1 is 1.53 bits per heavy atom. The summed E-state index contributed by atoms with van der Waals surface area (Å²) in [5.41, 5.74) is 0. The second-order valence-electron chi connectivity index (χ2n) is 3.43. The molecule has 2 aromatic rings. The number of aromatic amines is 1. The normalized spacial score (nSPS) is 11.8. The van der Waals surface area contributed by atoms with Gasteiger partial charge in [-0.15, -0.1) is 10.2 Å². The van der Waals surface area contributed by atoms with Gasteiger partial charge in [0.1, 0.15) is 12.2 Å². The van der Waals surface area contributed by atoms with Gasteiger partial charge in [-0.1, -0.05) is 0 Å². The molecule has 0 aliphatic carbocycles. The summed E-state index contributed by atoms with van der Waals surface area (Å²) in [6.45, 7) is 0.258. The Balaban J connectivity index is 1.93. The van der Waals surface area contributed by atoms with E-state index in [0.717, 1.165) is 5.82 Å². The Labute approximate surface area is 98.1 Å². The highest BCUT2D eigenvalue weighted by atomic mass is 32.2. The van der Waals surface area contributed by atoms with E-state index in [9.17, 15) is 8.42 Å². The summed E-state index contributed by atoms with van der Waals surface area (Å²) in [5.74, 6) is 0.720. The summed E-state index contributed by atoms with van der Waals surface area (Å²) in [6.07, 6.45) is 3.43. The smallest absolute Gasteiger partial charge is 0.257 e. The van der Waals surface area contributed by atoms with E-state index in [0.29, 0.717) is 6.42 Å². The molecule has 0 amide bonds. The first-order chi connectivity index (χ1) is 8.09. The largest absolute Gasteiger partial charge is 0.321 e. The van der Waals surface area contributed by atoms with Crippen molar-refractivity contribution in [2.24, 2.45) is 7.05 Å². The first-order valence-electron chi connectivity index (χ1n) is 4.91. The van der Waals surface area contributed by atoms with E-state index in [-0.39, 0.29) is 11.6 Å². The van der Waals surface area contributed by atoms with Gasteiger partial charge in [-0.2, -0.15) is 5.10 Å². The van der Waals surface area contributed by atoms with Crippen molar-refractivity contribution >= 4 is 10.0 Å². The van der Waals surface area contributed by atoms with Crippen molar-refractivity contribution in [1.29, 1.82) is 0 Å². The van der Waals surface area contributed by atoms with Crippen LogP contribution in [0.1, 0.15) is 5.82 Å². The van der Waals surface area contributed by atoms with Gasteiger partial charge in [-0.25, -0.2) is 13.1 Å². The van der Waals surface area contributed by atoms with Crippen LogP contribution in [0, 0.1) is 0 Å². The SMILES string of the molecule is Cn1cnnc1CCNS(=O)(=O)c1ccn[nH]1. The lowest BCUT2D eigenvalue weighted by molar-refractivity contribution is 0.575. The van der Waals surface area contributed by atoms with Crippen LogP contribution in [0.2, 0.25) is 0 Å². The number of nitrogens with zero attached hydrogens (tertiary/aromatic N) is 4. The van der Waals surface area contributed by atoms with Crippen molar-refractivity contribution in [3.8, 4) is 0 Å². The van der Waals surface area contributed by atoms with Crippen LogP contribution in [-0.2, 0) is 23.5 Å². The average molecular weight is 256 g/mol. The predicted molar refractivity (Wildman–Crippen MR) is 58.5 cm³/mol. The Bertz CT molecular complexity index is 573. The summed E-state index contributed by atoms with van der Waals surface area (Å²) in [6, 6.07) is 1.39. The molecule has 0 bridgehead atoms. The molecule has 2 aromatic heterocycles. The van der Waals surface area contributed by atoms with E-state index >= 15 is 0 Å². The summed E-state index contributed by atoms with van der Waals surface area (Å²) in [7, 11) is -1.70. The van der Waals surface area contributed by atoms with Gasteiger partial charge in [0.25, 0.3) is 10.0 Å². The van der Waals surface area contributed by atoms with Gasteiger partial charge in [-0.05, 0) is 6.07 Å². The van der Waals surface area contributed by atoms with Crippen molar-refractivity contribution in [3.05, 3.63) is 24.4 Å². The summed E-state index contributed by atoms with van der Waals surface area (Å²) < 4.78 is 27.6. The highest BCUT2D eigenvalue weighted by molar-refractivity contribution is 7.89. The van der Waals surface area contributed by atoms with Crippen molar-refractivity contribution < 1.29 is 8.42 Å². The van der Waals surface area contributed by atoms with Crippen LogP contribution in [0.4, 0.5) is 0 Å². The molecule has 0 fully saturated rings. The summed E-state index contributed by atoms with van der Waals surface area (Å²) in [4.78, 5) is 0. The molecule has 0 spiro atoms. The van der Waals surface area contributed by atoms with Crippen molar-refractivity contribution in [2.75, 3.05) is 6.54 Å². The minimum atomic E-state index is -3.51. The fourth-order valence-electron chi connectivity index (χ4n) is 1.30. The Kier molecular flexibility index (Phi) is 3.20. The van der Waals surface area contributed by atoms with Crippen molar-refractivity contribution in [3.63, 3.8) is 0 Å². The van der Waals surface area contributed by atoms with Crippen LogP contribution in [0.5, 0.6) is 0 Å². The molecular formula is C8H12N6O2S. The van der Waals surface area contributed by atoms with Gasteiger partial charge in [-0.3, -0.25) is 5.10 Å². The predicted octanol–water partition coefficient (Wildman–Crippen LogP) is -0.941. The maximum atomic E-state index is 11.7. The van der Waals surface area contributed by atoms with E-state index in [1.54, 1.807) is 17.9 Å². The Morgan fingerprint density at radius 2 is 2.35 bits per heavy atom. The van der Waals surface area contributed by atoms with Gasteiger partial charge in [0.2, 0.25) is 0 Å². The maximum absolute atomic E-state index is 11.7. The average Bonchev–Trinajstić information content (AvgIpc) is 2.90. The Morgan fingerprint density at radius 3 is 2.94 bits per heavy atom. The number of nitrogens with one attached hydrogen (secondary N) is 2. The highest BCUT2D eigenvalue weighted by Gasteiger charge is 2.14. The molecule has 0 aromatic carbocycles. The molecule has 9 heteroatoms. The van der Waals surface area contributed by atoms with Crippen LogP contribution >= 0.6 is 0 Å². The lowest BCUT2D eigenvalue weighted by atomic mass is 10.4. The molecule has 0 aliphatic heterocycles. The van der Waals surface area contributed by atoms with Gasteiger partial charge in [0, 0.05) is 20.0 Å². The van der Waals surface area contributed by atoms with Crippen molar-refractivity contribution in [1.82, 2.24) is 29.7 Å². The number of H-pyrrole nitrogens is 1. The fraction of sp³-hybridized carbons (Fsp3) is 0.375. The highest BCUT2D eigenvalue weighted by Crippen LogP contribution is 2.02. The first-order valence-corrected chi connectivity index (χ1v) is 6.40. The standard InChI is InChI=1S/C8H12N6O2S/c1-14-6-10-12-7(14)2-5-11-17(15,16)8-3-4-9-13-8/h3-4,6,11H,2,5H2,1H3,(H,9,13). The van der Waals surface area contributed by atoms with E-state index in [4.69, 9.17) is 0 Å². The zero-order valence-corrected chi connectivity index (χ0v) is 9.98. The van der Waals surface area contributed by atoms with Gasteiger partial charge in [0.05, 0.1) is 6.20 Å². The zero-order valence-electron chi connectivity index (χ0n) is 9.16. The van der Waals surface area contributed by atoms with Crippen molar-refractivity contribution in [2.45, 2.75) is 11.4 Å². The number of rotatable bonds is 5. The molecule has 2 heterocycles. The lowest BCUT2D eigenvalue weighted by Crippen LogP contribution is -2.27. The molecule has 0 saturated heterocycles. The second-order valence-corrected chi connectivity index (χ2v) is 5.16. The van der Waals surface area contributed by atoms with E-state index in [1.165, 1.54) is 12.3 Å². The Hall–Kier alpha value is -1.74. The van der Waals surface area contributed by atoms with Gasteiger partial charge >= 0.3 is 0 Å². The minimum absolute atomic E-state index is 0.0514. The van der Waals surface area contributed by atoms with Crippen LogP contribution in [0.15, 0.2) is 23.6 Å². The quantitative estimate of drug-likeness (QED) is 0.718. The third-order valence-corrected chi connectivity index (χ3v) is 3.60. The molecule has 2 rings (SSSR count). The van der Waals surface area contributed by atoms with Crippen LogP contribution in [0.25, 0.3) is 0 Å². The monoisotopic (exact) mass is 256 g/mol. The molecule has 0 saturated carbocycles. The fourth-order valence-corrected chi connectivity index (χ4v) is 2.24. The molecule has 92 valence electrons. The maximum Gasteiger partial charge on any atom is 0.257 e. The van der Waals surface area contributed by atoms with Crippen LogP contribution in [0.3, 0.4) is 0 Å². The van der Waals surface area contributed by atoms with Gasteiger partial charge in [0.15, 0.2) is 5.03 Å². The zero-order chi connectivity index (χ0) is 12.3. The van der Waals surface area contributed by atoms with Crippen LogP contribution < -0.4 is 4.72 Å². The number of hydrogen-bond acceptors (Lipinski definition) is 5.